The zero-order chi connectivity index (χ0) is 17.2. The van der Waals surface area contributed by atoms with Gasteiger partial charge in [-0.15, -0.1) is 0 Å². The minimum absolute atomic E-state index is 0.278. The summed E-state index contributed by atoms with van der Waals surface area (Å²) >= 11 is 0. The lowest BCUT2D eigenvalue weighted by Gasteiger charge is -2.18. The van der Waals surface area contributed by atoms with E-state index in [4.69, 9.17) is 0 Å². The first-order chi connectivity index (χ1) is 12.2. The van der Waals surface area contributed by atoms with Crippen molar-refractivity contribution in [3.05, 3.63) is 77.5 Å². The summed E-state index contributed by atoms with van der Waals surface area (Å²) < 4.78 is 0. The van der Waals surface area contributed by atoms with Crippen molar-refractivity contribution in [3.8, 4) is 0 Å². The van der Waals surface area contributed by atoms with Crippen LogP contribution in [0.1, 0.15) is 33.8 Å². The molecule has 1 fully saturated rings. The fourth-order valence-corrected chi connectivity index (χ4v) is 3.82. The van der Waals surface area contributed by atoms with E-state index in [2.05, 4.69) is 28.1 Å². The maximum absolute atomic E-state index is 11.5. The van der Waals surface area contributed by atoms with Crippen LogP contribution in [0.25, 0.3) is 10.9 Å². The monoisotopic (exact) mass is 332 g/mol. The van der Waals surface area contributed by atoms with E-state index in [0.717, 1.165) is 37.1 Å². The Morgan fingerprint density at radius 1 is 1.12 bits per heavy atom. The molecular formula is C21H20N2O2. The van der Waals surface area contributed by atoms with Gasteiger partial charge in [-0.05, 0) is 48.2 Å². The smallest absolute Gasteiger partial charge is 0.335 e. The van der Waals surface area contributed by atoms with Crippen molar-refractivity contribution in [3.63, 3.8) is 0 Å². The normalized spacial score (nSPS) is 17.8. The Morgan fingerprint density at radius 3 is 2.88 bits per heavy atom. The summed E-state index contributed by atoms with van der Waals surface area (Å²) in [5, 5.41) is 10.6. The lowest BCUT2D eigenvalue weighted by molar-refractivity contribution is 0.0695. The van der Waals surface area contributed by atoms with E-state index in [-0.39, 0.29) is 5.92 Å². The SMILES string of the molecule is O=C(O)c1ccccc1[C@@H]1CCN(Cc2cccc3ncccc23)C1. The number of pyridine rings is 1. The Morgan fingerprint density at radius 2 is 2.00 bits per heavy atom. The summed E-state index contributed by atoms with van der Waals surface area (Å²) in [6, 6.07) is 17.7. The molecule has 1 aromatic heterocycles. The lowest BCUT2D eigenvalue weighted by Crippen LogP contribution is -2.20. The molecule has 1 aliphatic rings. The molecule has 0 bridgehead atoms. The van der Waals surface area contributed by atoms with Crippen LogP contribution in [0.3, 0.4) is 0 Å². The third-order valence-corrected chi connectivity index (χ3v) is 5.03. The van der Waals surface area contributed by atoms with E-state index in [0.29, 0.717) is 5.56 Å². The number of hydrogen-bond donors (Lipinski definition) is 1. The summed E-state index contributed by atoms with van der Waals surface area (Å²) in [6.07, 6.45) is 2.81. The molecule has 1 N–H and O–H groups in total. The number of carboxylic acid groups (broad SMARTS) is 1. The number of fused-ring (bicyclic) bond motifs is 1. The highest BCUT2D eigenvalue weighted by Crippen LogP contribution is 2.31. The molecule has 2 aromatic carbocycles. The van der Waals surface area contributed by atoms with Crippen LogP contribution in [-0.2, 0) is 6.54 Å². The Balaban J connectivity index is 1.54. The van der Waals surface area contributed by atoms with Gasteiger partial charge in [0.1, 0.15) is 0 Å². The average Bonchev–Trinajstić information content (AvgIpc) is 3.10. The minimum atomic E-state index is -0.839. The third kappa shape index (κ3) is 3.13. The summed E-state index contributed by atoms with van der Waals surface area (Å²) in [5.41, 5.74) is 3.69. The Hall–Kier alpha value is -2.72. The van der Waals surface area contributed by atoms with Crippen LogP contribution >= 0.6 is 0 Å². The van der Waals surface area contributed by atoms with Crippen molar-refractivity contribution in [1.29, 1.82) is 0 Å². The van der Waals surface area contributed by atoms with Crippen LogP contribution in [-0.4, -0.2) is 34.0 Å². The first kappa shape index (κ1) is 15.8. The van der Waals surface area contributed by atoms with Crippen LogP contribution in [0.15, 0.2) is 60.8 Å². The topological polar surface area (TPSA) is 53.4 Å². The van der Waals surface area contributed by atoms with Gasteiger partial charge in [0.15, 0.2) is 0 Å². The van der Waals surface area contributed by atoms with Crippen molar-refractivity contribution in [2.75, 3.05) is 13.1 Å². The second kappa shape index (κ2) is 6.65. The van der Waals surface area contributed by atoms with E-state index in [1.165, 1.54) is 10.9 Å². The highest BCUT2D eigenvalue weighted by atomic mass is 16.4. The zero-order valence-electron chi connectivity index (χ0n) is 13.9. The molecule has 4 nitrogen and oxygen atoms in total. The second-order valence-corrected chi connectivity index (χ2v) is 6.60. The quantitative estimate of drug-likeness (QED) is 0.787. The van der Waals surface area contributed by atoms with Gasteiger partial charge in [-0.3, -0.25) is 9.88 Å². The summed E-state index contributed by atoms with van der Waals surface area (Å²) in [7, 11) is 0. The van der Waals surface area contributed by atoms with Crippen LogP contribution < -0.4 is 0 Å². The van der Waals surface area contributed by atoms with Crippen molar-refractivity contribution < 1.29 is 9.90 Å². The van der Waals surface area contributed by atoms with Gasteiger partial charge in [0.25, 0.3) is 0 Å². The molecular weight excluding hydrogens is 312 g/mol. The van der Waals surface area contributed by atoms with Crippen molar-refractivity contribution in [1.82, 2.24) is 9.88 Å². The molecule has 1 saturated heterocycles. The highest BCUT2D eigenvalue weighted by Gasteiger charge is 2.27. The predicted octanol–water partition coefficient (Wildman–Crippen LogP) is 3.92. The van der Waals surface area contributed by atoms with Gasteiger partial charge >= 0.3 is 5.97 Å². The molecule has 1 atom stereocenters. The largest absolute Gasteiger partial charge is 0.478 e. The van der Waals surface area contributed by atoms with Crippen LogP contribution in [0.5, 0.6) is 0 Å². The molecule has 25 heavy (non-hydrogen) atoms. The molecule has 4 rings (SSSR count). The zero-order valence-corrected chi connectivity index (χ0v) is 13.9. The molecule has 0 unspecified atom stereocenters. The summed E-state index contributed by atoms with van der Waals surface area (Å²) in [6.45, 7) is 2.74. The molecule has 0 spiro atoms. The summed E-state index contributed by atoms with van der Waals surface area (Å²) in [5.74, 6) is -0.561. The molecule has 4 heteroatoms. The van der Waals surface area contributed by atoms with Crippen molar-refractivity contribution in [2.24, 2.45) is 0 Å². The lowest BCUT2D eigenvalue weighted by atomic mass is 9.93. The van der Waals surface area contributed by atoms with E-state index < -0.39 is 5.97 Å². The molecule has 0 aliphatic carbocycles. The number of likely N-dealkylation sites (tertiary alicyclic amines) is 1. The standard InChI is InChI=1S/C21H20N2O2/c24-21(25)19-7-2-1-6-17(19)16-10-12-23(14-16)13-15-5-3-9-20-18(15)8-4-11-22-20/h1-9,11,16H,10,12-14H2,(H,24,25)/t16-/m1/s1. The Kier molecular flexibility index (Phi) is 4.20. The van der Waals surface area contributed by atoms with Crippen molar-refractivity contribution >= 4 is 16.9 Å². The first-order valence-electron chi connectivity index (χ1n) is 8.59. The maximum Gasteiger partial charge on any atom is 0.335 e. The third-order valence-electron chi connectivity index (χ3n) is 5.03. The Bertz CT molecular complexity index is 917. The number of aromatic carboxylic acids is 1. The van der Waals surface area contributed by atoms with Crippen LogP contribution in [0.2, 0.25) is 0 Å². The molecule has 2 heterocycles. The Labute approximate surface area is 146 Å². The second-order valence-electron chi connectivity index (χ2n) is 6.60. The molecule has 3 aromatic rings. The average molecular weight is 332 g/mol. The number of benzene rings is 2. The molecule has 126 valence electrons. The highest BCUT2D eigenvalue weighted by molar-refractivity contribution is 5.89. The number of carboxylic acids is 1. The molecule has 0 radical (unpaired) electrons. The van der Waals surface area contributed by atoms with Gasteiger partial charge in [0, 0.05) is 24.7 Å². The van der Waals surface area contributed by atoms with Gasteiger partial charge in [-0.1, -0.05) is 36.4 Å². The molecule has 1 aliphatic heterocycles. The van der Waals surface area contributed by atoms with E-state index in [1.807, 2.05) is 30.5 Å². The number of aromatic nitrogens is 1. The number of hydrogen-bond acceptors (Lipinski definition) is 3. The summed E-state index contributed by atoms with van der Waals surface area (Å²) in [4.78, 5) is 18.3. The van der Waals surface area contributed by atoms with Crippen molar-refractivity contribution in [2.45, 2.75) is 18.9 Å². The van der Waals surface area contributed by atoms with Gasteiger partial charge in [-0.2, -0.15) is 0 Å². The first-order valence-corrected chi connectivity index (χ1v) is 8.59. The fraction of sp³-hybridized carbons (Fsp3) is 0.238. The molecule has 0 saturated carbocycles. The van der Waals surface area contributed by atoms with Crippen LogP contribution in [0.4, 0.5) is 0 Å². The fourth-order valence-electron chi connectivity index (χ4n) is 3.82. The minimum Gasteiger partial charge on any atom is -0.478 e. The maximum atomic E-state index is 11.5. The van der Waals surface area contributed by atoms with Gasteiger partial charge in [-0.25, -0.2) is 4.79 Å². The van der Waals surface area contributed by atoms with E-state index in [1.54, 1.807) is 12.1 Å². The van der Waals surface area contributed by atoms with Crippen LogP contribution in [0, 0.1) is 0 Å². The van der Waals surface area contributed by atoms with Gasteiger partial charge in [0.05, 0.1) is 11.1 Å². The van der Waals surface area contributed by atoms with Gasteiger partial charge < -0.3 is 5.11 Å². The molecule has 0 amide bonds. The number of carbonyl (C=O) groups is 1. The van der Waals surface area contributed by atoms with E-state index >= 15 is 0 Å². The van der Waals surface area contributed by atoms with Gasteiger partial charge in [0.2, 0.25) is 0 Å². The number of rotatable bonds is 4. The number of nitrogens with zero attached hydrogens (tertiary/aromatic N) is 2. The van der Waals surface area contributed by atoms with E-state index in [9.17, 15) is 9.90 Å². The predicted molar refractivity (Wildman–Crippen MR) is 97.8 cm³/mol.